The van der Waals surface area contributed by atoms with Crippen LogP contribution in [0.5, 0.6) is 11.5 Å². The number of nitrogens with zero attached hydrogens (tertiary/aromatic N) is 1. The number of para-hydroxylation sites is 3. The van der Waals surface area contributed by atoms with Crippen molar-refractivity contribution in [2.75, 3.05) is 0 Å². The van der Waals surface area contributed by atoms with Crippen LogP contribution in [-0.2, 0) is 5.41 Å². The summed E-state index contributed by atoms with van der Waals surface area (Å²) in [6, 6.07) is 14.0. The Hall–Kier alpha value is -2.36. The summed E-state index contributed by atoms with van der Waals surface area (Å²) in [4.78, 5) is 10.6. The first kappa shape index (κ1) is 14.1. The summed E-state index contributed by atoms with van der Waals surface area (Å²) in [5.74, 6) is 0.906. The molecule has 0 saturated carbocycles. The van der Waals surface area contributed by atoms with Crippen LogP contribution < -0.4 is 4.74 Å². The number of hydrogen-bond acceptors (Lipinski definition) is 3. The molecule has 0 bridgehead atoms. The molecule has 2 aromatic rings. The van der Waals surface area contributed by atoms with Crippen LogP contribution in [0.3, 0.4) is 0 Å². The first-order valence-electron chi connectivity index (χ1n) is 6.40. The van der Waals surface area contributed by atoms with Gasteiger partial charge in [-0.15, -0.1) is 0 Å². The van der Waals surface area contributed by atoms with Gasteiger partial charge in [-0.2, -0.15) is 0 Å². The SMILES string of the molecule is CC(C)(C)c1ccccc1Oc1ccccc1[N+](=O)[O-]. The third kappa shape index (κ3) is 2.96. The molecule has 0 aliphatic rings. The quantitative estimate of drug-likeness (QED) is 0.601. The van der Waals surface area contributed by atoms with Crippen molar-refractivity contribution in [3.8, 4) is 11.5 Å². The van der Waals surface area contributed by atoms with Gasteiger partial charge in [0.05, 0.1) is 4.92 Å². The van der Waals surface area contributed by atoms with E-state index in [-0.39, 0.29) is 16.9 Å². The Morgan fingerprint density at radius 2 is 1.50 bits per heavy atom. The standard InChI is InChI=1S/C16H17NO3/c1-16(2,3)12-8-4-6-10-14(12)20-15-11-7-5-9-13(15)17(18)19/h4-11H,1-3H3. The molecule has 0 amide bonds. The topological polar surface area (TPSA) is 52.4 Å². The van der Waals surface area contributed by atoms with Gasteiger partial charge in [-0.25, -0.2) is 0 Å². The van der Waals surface area contributed by atoms with Crippen LogP contribution in [0.15, 0.2) is 48.5 Å². The molecule has 0 N–H and O–H groups in total. The van der Waals surface area contributed by atoms with Gasteiger partial charge in [-0.1, -0.05) is 51.1 Å². The van der Waals surface area contributed by atoms with E-state index >= 15 is 0 Å². The number of rotatable bonds is 3. The Balaban J connectivity index is 2.44. The van der Waals surface area contributed by atoms with E-state index in [0.29, 0.717) is 5.75 Å². The summed E-state index contributed by atoms with van der Waals surface area (Å²) in [6.45, 7) is 6.23. The van der Waals surface area contributed by atoms with Crippen molar-refractivity contribution < 1.29 is 9.66 Å². The van der Waals surface area contributed by atoms with Crippen LogP contribution in [0.4, 0.5) is 5.69 Å². The molecule has 0 unspecified atom stereocenters. The van der Waals surface area contributed by atoms with Crippen LogP contribution in [0.2, 0.25) is 0 Å². The zero-order valence-electron chi connectivity index (χ0n) is 11.8. The van der Waals surface area contributed by atoms with Crippen molar-refractivity contribution in [1.29, 1.82) is 0 Å². The maximum absolute atomic E-state index is 11.0. The molecule has 0 aliphatic heterocycles. The Morgan fingerprint density at radius 3 is 2.10 bits per heavy atom. The van der Waals surface area contributed by atoms with E-state index in [1.54, 1.807) is 18.2 Å². The van der Waals surface area contributed by atoms with E-state index in [1.165, 1.54) is 6.07 Å². The van der Waals surface area contributed by atoms with E-state index in [4.69, 9.17) is 4.74 Å². The summed E-state index contributed by atoms with van der Waals surface area (Å²) in [5, 5.41) is 11.0. The summed E-state index contributed by atoms with van der Waals surface area (Å²) in [6.07, 6.45) is 0. The molecule has 2 rings (SSSR count). The predicted octanol–water partition coefficient (Wildman–Crippen LogP) is 4.68. The highest BCUT2D eigenvalue weighted by molar-refractivity contribution is 5.50. The van der Waals surface area contributed by atoms with Gasteiger partial charge in [-0.05, 0) is 17.5 Å². The summed E-state index contributed by atoms with van der Waals surface area (Å²) >= 11 is 0. The van der Waals surface area contributed by atoms with Gasteiger partial charge in [-0.3, -0.25) is 10.1 Å². The fraction of sp³-hybridized carbons (Fsp3) is 0.250. The maximum atomic E-state index is 11.0. The Morgan fingerprint density at radius 1 is 0.950 bits per heavy atom. The Labute approximate surface area is 118 Å². The smallest absolute Gasteiger partial charge is 0.311 e. The second-order valence-electron chi connectivity index (χ2n) is 5.57. The molecule has 0 atom stereocenters. The highest BCUT2D eigenvalue weighted by Crippen LogP contribution is 2.36. The van der Waals surface area contributed by atoms with E-state index in [0.717, 1.165) is 5.56 Å². The first-order valence-corrected chi connectivity index (χ1v) is 6.40. The highest BCUT2D eigenvalue weighted by atomic mass is 16.6. The van der Waals surface area contributed by atoms with Gasteiger partial charge >= 0.3 is 5.69 Å². The van der Waals surface area contributed by atoms with Crippen molar-refractivity contribution >= 4 is 5.69 Å². The van der Waals surface area contributed by atoms with Crippen LogP contribution in [0.25, 0.3) is 0 Å². The molecule has 0 spiro atoms. The molecular weight excluding hydrogens is 254 g/mol. The molecule has 0 saturated heterocycles. The van der Waals surface area contributed by atoms with Crippen LogP contribution >= 0.6 is 0 Å². The lowest BCUT2D eigenvalue weighted by Gasteiger charge is -2.22. The maximum Gasteiger partial charge on any atom is 0.311 e. The van der Waals surface area contributed by atoms with Crippen molar-refractivity contribution in [1.82, 2.24) is 0 Å². The zero-order chi connectivity index (χ0) is 14.8. The van der Waals surface area contributed by atoms with E-state index < -0.39 is 4.92 Å². The summed E-state index contributed by atoms with van der Waals surface area (Å²) in [7, 11) is 0. The van der Waals surface area contributed by atoms with Crippen molar-refractivity contribution in [3.63, 3.8) is 0 Å². The molecule has 2 aromatic carbocycles. The minimum Gasteiger partial charge on any atom is -0.450 e. The number of hydrogen-bond donors (Lipinski definition) is 0. The van der Waals surface area contributed by atoms with Crippen molar-refractivity contribution in [2.24, 2.45) is 0 Å². The lowest BCUT2D eigenvalue weighted by atomic mass is 9.86. The molecule has 0 fully saturated rings. The zero-order valence-corrected chi connectivity index (χ0v) is 11.8. The van der Waals surface area contributed by atoms with E-state index in [2.05, 4.69) is 20.8 Å². The number of benzene rings is 2. The second-order valence-corrected chi connectivity index (χ2v) is 5.57. The Bertz CT molecular complexity index is 630. The molecule has 0 aliphatic carbocycles. The minimum absolute atomic E-state index is 0.0313. The van der Waals surface area contributed by atoms with E-state index in [9.17, 15) is 10.1 Å². The van der Waals surface area contributed by atoms with Gasteiger partial charge in [0.2, 0.25) is 5.75 Å². The average molecular weight is 271 g/mol. The van der Waals surface area contributed by atoms with E-state index in [1.807, 2.05) is 24.3 Å². The molecular formula is C16H17NO3. The number of nitro groups is 1. The summed E-state index contributed by atoms with van der Waals surface area (Å²) < 4.78 is 5.79. The Kier molecular flexibility index (Phi) is 3.74. The highest BCUT2D eigenvalue weighted by Gasteiger charge is 2.21. The number of ether oxygens (including phenoxy) is 1. The lowest BCUT2D eigenvalue weighted by Crippen LogP contribution is -2.12. The molecule has 0 aromatic heterocycles. The van der Waals surface area contributed by atoms with Gasteiger partial charge in [0.25, 0.3) is 0 Å². The second kappa shape index (κ2) is 5.33. The largest absolute Gasteiger partial charge is 0.450 e. The third-order valence-electron chi connectivity index (χ3n) is 2.98. The summed E-state index contributed by atoms with van der Waals surface area (Å²) in [5.41, 5.74) is 0.884. The number of nitro benzene ring substituents is 1. The van der Waals surface area contributed by atoms with Crippen molar-refractivity contribution in [2.45, 2.75) is 26.2 Å². The van der Waals surface area contributed by atoms with Gasteiger partial charge in [0.1, 0.15) is 5.75 Å². The molecule has 4 nitrogen and oxygen atoms in total. The first-order chi connectivity index (χ1) is 9.39. The van der Waals surface area contributed by atoms with Gasteiger partial charge in [0, 0.05) is 11.6 Å². The van der Waals surface area contributed by atoms with Crippen LogP contribution in [0.1, 0.15) is 26.3 Å². The van der Waals surface area contributed by atoms with Gasteiger partial charge in [0.15, 0.2) is 0 Å². The third-order valence-corrected chi connectivity index (χ3v) is 2.98. The van der Waals surface area contributed by atoms with Gasteiger partial charge < -0.3 is 4.74 Å². The minimum atomic E-state index is -0.435. The molecule has 104 valence electrons. The monoisotopic (exact) mass is 271 g/mol. The molecule has 0 heterocycles. The van der Waals surface area contributed by atoms with Crippen LogP contribution in [-0.4, -0.2) is 4.92 Å². The predicted molar refractivity (Wildman–Crippen MR) is 78.3 cm³/mol. The fourth-order valence-corrected chi connectivity index (χ4v) is 1.99. The molecule has 4 heteroatoms. The normalized spacial score (nSPS) is 11.2. The fourth-order valence-electron chi connectivity index (χ4n) is 1.99. The lowest BCUT2D eigenvalue weighted by molar-refractivity contribution is -0.385. The van der Waals surface area contributed by atoms with Crippen LogP contribution in [0, 0.1) is 10.1 Å². The van der Waals surface area contributed by atoms with Crippen molar-refractivity contribution in [3.05, 3.63) is 64.2 Å². The molecule has 0 radical (unpaired) electrons. The molecule has 20 heavy (non-hydrogen) atoms. The average Bonchev–Trinajstić information content (AvgIpc) is 2.38.